The molecule has 0 aromatic carbocycles. The van der Waals surface area contributed by atoms with Gasteiger partial charge < -0.3 is 10.1 Å². The topological polar surface area (TPSA) is 77.8 Å². The largest absolute Gasteiger partial charge is 0.379 e. The summed E-state index contributed by atoms with van der Waals surface area (Å²) >= 11 is 1.63. The molecule has 1 aliphatic rings. The molecule has 7 nitrogen and oxygen atoms in total. The van der Waals surface area contributed by atoms with Crippen LogP contribution in [-0.4, -0.2) is 38.2 Å². The van der Waals surface area contributed by atoms with Crippen molar-refractivity contribution in [1.82, 2.24) is 25.0 Å². The molecule has 1 aliphatic heterocycles. The van der Waals surface area contributed by atoms with Gasteiger partial charge in [0, 0.05) is 6.61 Å². The number of fused-ring (bicyclic) bond motifs is 1. The highest BCUT2D eigenvalue weighted by Crippen LogP contribution is 2.25. The highest BCUT2D eigenvalue weighted by Gasteiger charge is 2.18. The van der Waals surface area contributed by atoms with Gasteiger partial charge in [0.25, 0.3) is 0 Å². The molecule has 0 unspecified atom stereocenters. The Morgan fingerprint density at radius 2 is 2.43 bits per heavy atom. The first kappa shape index (κ1) is 12.7. The number of ether oxygens (including phenoxy) is 1. The molecule has 1 fully saturated rings. The lowest BCUT2D eigenvalue weighted by Gasteiger charge is -2.05. The van der Waals surface area contributed by atoms with Crippen LogP contribution in [0.5, 0.6) is 0 Å². The van der Waals surface area contributed by atoms with Crippen molar-refractivity contribution in [2.45, 2.75) is 19.0 Å². The summed E-state index contributed by atoms with van der Waals surface area (Å²) in [6.45, 7) is 2.12. The van der Waals surface area contributed by atoms with Gasteiger partial charge in [-0.25, -0.2) is 14.6 Å². The Hall–Kier alpha value is -2.06. The molecular formula is C13H14N6OS. The second-order valence-corrected chi connectivity index (χ2v) is 5.83. The van der Waals surface area contributed by atoms with Crippen LogP contribution in [0, 0.1) is 0 Å². The number of hydrogen-bond acceptors (Lipinski definition) is 7. The molecule has 4 heterocycles. The van der Waals surface area contributed by atoms with Crippen molar-refractivity contribution in [2.75, 3.05) is 18.5 Å². The highest BCUT2D eigenvalue weighted by molar-refractivity contribution is 7.17. The van der Waals surface area contributed by atoms with Crippen LogP contribution in [0.4, 0.5) is 5.82 Å². The molecule has 21 heavy (non-hydrogen) atoms. The van der Waals surface area contributed by atoms with Gasteiger partial charge in [0.1, 0.15) is 17.8 Å². The zero-order chi connectivity index (χ0) is 14.1. The smallest absolute Gasteiger partial charge is 0.147 e. The van der Waals surface area contributed by atoms with Crippen LogP contribution in [0.2, 0.25) is 0 Å². The Bertz CT molecular complexity index is 748. The second-order valence-electron chi connectivity index (χ2n) is 4.92. The Kier molecular flexibility index (Phi) is 3.24. The second kappa shape index (κ2) is 5.38. The number of nitrogens with one attached hydrogen (secondary N) is 1. The quantitative estimate of drug-likeness (QED) is 0.792. The number of aromatic nitrogens is 5. The Balaban J connectivity index is 1.48. The molecular weight excluding hydrogens is 288 g/mol. The van der Waals surface area contributed by atoms with E-state index in [1.165, 1.54) is 0 Å². The van der Waals surface area contributed by atoms with Crippen LogP contribution in [-0.2, 0) is 11.3 Å². The van der Waals surface area contributed by atoms with E-state index in [1.807, 2.05) is 22.3 Å². The molecule has 0 bridgehead atoms. The van der Waals surface area contributed by atoms with E-state index in [1.54, 1.807) is 17.7 Å². The van der Waals surface area contributed by atoms with Crippen LogP contribution < -0.4 is 5.32 Å². The minimum atomic E-state index is 0.314. The molecule has 0 spiro atoms. The van der Waals surface area contributed by atoms with E-state index in [2.05, 4.69) is 25.6 Å². The average molecular weight is 302 g/mol. The zero-order valence-corrected chi connectivity index (χ0v) is 12.1. The van der Waals surface area contributed by atoms with Crippen molar-refractivity contribution in [3.8, 4) is 0 Å². The Morgan fingerprint density at radius 3 is 3.33 bits per heavy atom. The van der Waals surface area contributed by atoms with E-state index in [4.69, 9.17) is 4.74 Å². The maximum absolute atomic E-state index is 5.37. The summed E-state index contributed by atoms with van der Waals surface area (Å²) in [5.74, 6) is 0.841. The van der Waals surface area contributed by atoms with E-state index in [0.717, 1.165) is 41.4 Å². The van der Waals surface area contributed by atoms with Crippen molar-refractivity contribution in [3.05, 3.63) is 29.7 Å². The highest BCUT2D eigenvalue weighted by atomic mass is 32.1. The van der Waals surface area contributed by atoms with Crippen LogP contribution in [0.1, 0.15) is 18.2 Å². The zero-order valence-electron chi connectivity index (χ0n) is 11.3. The monoisotopic (exact) mass is 302 g/mol. The van der Waals surface area contributed by atoms with E-state index >= 15 is 0 Å². The van der Waals surface area contributed by atoms with Crippen molar-refractivity contribution >= 4 is 27.4 Å². The molecule has 8 heteroatoms. The van der Waals surface area contributed by atoms with Crippen molar-refractivity contribution < 1.29 is 4.74 Å². The molecule has 108 valence electrons. The van der Waals surface area contributed by atoms with E-state index in [9.17, 15) is 0 Å². The molecule has 1 saturated heterocycles. The van der Waals surface area contributed by atoms with Crippen molar-refractivity contribution in [3.63, 3.8) is 0 Å². The van der Waals surface area contributed by atoms with Gasteiger partial charge in [-0.05, 0) is 17.9 Å². The Morgan fingerprint density at radius 1 is 1.43 bits per heavy atom. The third-order valence-corrected chi connectivity index (χ3v) is 4.43. The summed E-state index contributed by atoms with van der Waals surface area (Å²) in [5.41, 5.74) is 1.86. The number of thiophene rings is 1. The van der Waals surface area contributed by atoms with Gasteiger partial charge in [-0.3, -0.25) is 0 Å². The van der Waals surface area contributed by atoms with Gasteiger partial charge in [0.05, 0.1) is 35.6 Å². The lowest BCUT2D eigenvalue weighted by atomic mass is 10.3. The van der Waals surface area contributed by atoms with Gasteiger partial charge in [-0.1, -0.05) is 5.21 Å². The van der Waals surface area contributed by atoms with E-state index in [0.29, 0.717) is 12.6 Å². The first-order valence-corrected chi connectivity index (χ1v) is 7.68. The minimum absolute atomic E-state index is 0.314. The maximum atomic E-state index is 5.37. The van der Waals surface area contributed by atoms with Crippen LogP contribution in [0.3, 0.4) is 0 Å². The van der Waals surface area contributed by atoms with Crippen LogP contribution in [0.15, 0.2) is 24.0 Å². The molecule has 0 saturated carbocycles. The summed E-state index contributed by atoms with van der Waals surface area (Å²) < 4.78 is 8.33. The summed E-state index contributed by atoms with van der Waals surface area (Å²) in [6, 6.07) is 2.30. The summed E-state index contributed by atoms with van der Waals surface area (Å²) in [4.78, 5) is 8.52. The maximum Gasteiger partial charge on any atom is 0.147 e. The predicted molar refractivity (Wildman–Crippen MR) is 79.2 cm³/mol. The third kappa shape index (κ3) is 2.47. The van der Waals surface area contributed by atoms with Gasteiger partial charge in [0.15, 0.2) is 0 Å². The molecule has 3 aromatic heterocycles. The summed E-state index contributed by atoms with van der Waals surface area (Å²) in [6.07, 6.45) is 4.54. The van der Waals surface area contributed by atoms with Gasteiger partial charge in [-0.15, -0.1) is 16.4 Å². The first-order chi connectivity index (χ1) is 10.4. The Labute approximate surface area is 125 Å². The fraction of sp³-hybridized carbons (Fsp3) is 0.385. The summed E-state index contributed by atoms with van der Waals surface area (Å²) in [5, 5.41) is 13.7. The van der Waals surface area contributed by atoms with Crippen LogP contribution in [0.25, 0.3) is 10.2 Å². The van der Waals surface area contributed by atoms with Gasteiger partial charge in [-0.2, -0.15) is 0 Å². The normalized spacial score (nSPS) is 18.4. The lowest BCUT2D eigenvalue weighted by molar-refractivity contribution is 0.184. The molecule has 0 amide bonds. The number of anilines is 1. The first-order valence-electron chi connectivity index (χ1n) is 6.81. The van der Waals surface area contributed by atoms with E-state index < -0.39 is 0 Å². The van der Waals surface area contributed by atoms with Gasteiger partial charge >= 0.3 is 0 Å². The standard InChI is InChI=1S/C13H14N6OS/c1-3-20-7-10(1)19-6-9(17-18-19)5-14-13-12-11(2-4-21-12)15-8-16-13/h2,4,6,8,10H,1,3,5,7H2,(H,14,15,16)/t10-/m0/s1. The fourth-order valence-electron chi connectivity index (χ4n) is 2.39. The predicted octanol–water partition coefficient (Wildman–Crippen LogP) is 1.86. The lowest BCUT2D eigenvalue weighted by Crippen LogP contribution is -2.09. The van der Waals surface area contributed by atoms with Gasteiger partial charge in [0.2, 0.25) is 0 Å². The van der Waals surface area contributed by atoms with Crippen molar-refractivity contribution in [1.29, 1.82) is 0 Å². The summed E-state index contributed by atoms with van der Waals surface area (Å²) in [7, 11) is 0. The van der Waals surface area contributed by atoms with E-state index in [-0.39, 0.29) is 0 Å². The molecule has 1 atom stereocenters. The van der Waals surface area contributed by atoms with Crippen LogP contribution >= 0.6 is 11.3 Å². The average Bonchev–Trinajstić information content (AvgIpc) is 3.23. The molecule has 3 aromatic rings. The number of nitrogens with zero attached hydrogens (tertiary/aromatic N) is 5. The SMILES string of the molecule is c1nc(NCc2cn([C@H]3CCOC3)nn2)c2sccc2n1. The molecule has 4 rings (SSSR count). The number of rotatable bonds is 4. The molecule has 0 radical (unpaired) electrons. The van der Waals surface area contributed by atoms with Crippen molar-refractivity contribution in [2.24, 2.45) is 0 Å². The molecule has 1 N–H and O–H groups in total. The number of hydrogen-bond donors (Lipinski definition) is 1. The third-order valence-electron chi connectivity index (χ3n) is 3.52. The minimum Gasteiger partial charge on any atom is -0.379 e. The molecule has 0 aliphatic carbocycles. The fourth-order valence-corrected chi connectivity index (χ4v) is 3.20.